The Morgan fingerprint density at radius 1 is 1.08 bits per heavy atom. The van der Waals surface area contributed by atoms with Gasteiger partial charge in [-0.2, -0.15) is 0 Å². The third kappa shape index (κ3) is 3.20. The van der Waals surface area contributed by atoms with Gasteiger partial charge in [-0.25, -0.2) is 0 Å². The lowest BCUT2D eigenvalue weighted by molar-refractivity contribution is 1.27. The van der Waals surface area contributed by atoms with Crippen molar-refractivity contribution in [2.75, 3.05) is 0 Å². The first kappa shape index (κ1) is 8.79. The summed E-state index contributed by atoms with van der Waals surface area (Å²) in [5.41, 5.74) is 1.36. The van der Waals surface area contributed by atoms with Crippen molar-refractivity contribution in [1.29, 1.82) is 0 Å². The highest BCUT2D eigenvalue weighted by Gasteiger charge is 1.83. The van der Waals surface area contributed by atoms with Crippen LogP contribution in [0.5, 0.6) is 0 Å². The smallest absolute Gasteiger partial charge is 0.00943 e. The highest BCUT2D eigenvalue weighted by molar-refractivity contribution is 5.18. The van der Waals surface area contributed by atoms with Crippen LogP contribution in [0.3, 0.4) is 0 Å². The van der Waals surface area contributed by atoms with Crippen molar-refractivity contribution in [2.24, 2.45) is 0 Å². The van der Waals surface area contributed by atoms with Gasteiger partial charge in [0.05, 0.1) is 0 Å². The number of hydrogen-bond donors (Lipinski definition) is 0. The fraction of sp³-hybridized carbons (Fsp3) is 0.167. The highest BCUT2D eigenvalue weighted by atomic mass is 13.9. The monoisotopic (exact) mass is 158 g/mol. The first-order chi connectivity index (χ1) is 5.93. The van der Waals surface area contributed by atoms with Crippen molar-refractivity contribution in [3.8, 4) is 0 Å². The fourth-order valence-electron chi connectivity index (χ4n) is 1.01. The average molecular weight is 158 g/mol. The van der Waals surface area contributed by atoms with E-state index in [1.54, 1.807) is 0 Å². The van der Waals surface area contributed by atoms with Crippen molar-refractivity contribution >= 4 is 0 Å². The lowest BCUT2D eigenvalue weighted by Crippen LogP contribution is -1.77. The van der Waals surface area contributed by atoms with E-state index in [4.69, 9.17) is 0 Å². The Bertz CT molecular complexity index is 255. The van der Waals surface area contributed by atoms with E-state index in [0.717, 1.165) is 6.42 Å². The summed E-state index contributed by atoms with van der Waals surface area (Å²) in [6, 6.07) is 10.5. The second kappa shape index (κ2) is 5.36. The molecular formula is C12H14. The summed E-state index contributed by atoms with van der Waals surface area (Å²) in [7, 11) is 0. The standard InChI is InChI=1S/C12H14/c1-2-3-4-6-9-12-10-7-5-8-11-12/h2-8,10-11H,9H2,1H3/b3-2+,6-4+. The number of hydrogen-bond acceptors (Lipinski definition) is 0. The summed E-state index contributed by atoms with van der Waals surface area (Å²) in [4.78, 5) is 0. The maximum Gasteiger partial charge on any atom is -0.00943 e. The van der Waals surface area contributed by atoms with E-state index in [9.17, 15) is 0 Å². The first-order valence-corrected chi connectivity index (χ1v) is 4.25. The van der Waals surface area contributed by atoms with Gasteiger partial charge in [0.1, 0.15) is 0 Å². The minimum atomic E-state index is 1.02. The summed E-state index contributed by atoms with van der Waals surface area (Å²) < 4.78 is 0. The van der Waals surface area contributed by atoms with Gasteiger partial charge in [0.15, 0.2) is 0 Å². The van der Waals surface area contributed by atoms with Gasteiger partial charge in [0.25, 0.3) is 0 Å². The van der Waals surface area contributed by atoms with Crippen LogP contribution in [-0.2, 0) is 6.42 Å². The largest absolute Gasteiger partial charge is 0.0877 e. The van der Waals surface area contributed by atoms with Crippen LogP contribution in [0.2, 0.25) is 0 Å². The van der Waals surface area contributed by atoms with E-state index in [0.29, 0.717) is 0 Å². The Morgan fingerprint density at radius 2 is 1.83 bits per heavy atom. The highest BCUT2D eigenvalue weighted by Crippen LogP contribution is 1.99. The van der Waals surface area contributed by atoms with Gasteiger partial charge in [0, 0.05) is 0 Å². The van der Waals surface area contributed by atoms with Gasteiger partial charge in [-0.1, -0.05) is 54.6 Å². The summed E-state index contributed by atoms with van der Waals surface area (Å²) in [6.45, 7) is 2.02. The van der Waals surface area contributed by atoms with Crippen molar-refractivity contribution < 1.29 is 0 Å². The van der Waals surface area contributed by atoms with Gasteiger partial charge in [0.2, 0.25) is 0 Å². The second-order valence-corrected chi connectivity index (χ2v) is 2.64. The Morgan fingerprint density at radius 3 is 2.50 bits per heavy atom. The molecule has 1 rings (SSSR count). The maximum absolute atomic E-state index is 2.16. The molecule has 0 aliphatic carbocycles. The zero-order valence-corrected chi connectivity index (χ0v) is 7.40. The predicted octanol–water partition coefficient (Wildman–Crippen LogP) is 3.36. The van der Waals surface area contributed by atoms with Crippen LogP contribution in [0.1, 0.15) is 12.5 Å². The topological polar surface area (TPSA) is 0 Å². The molecule has 0 amide bonds. The SMILES string of the molecule is C/C=C/C=C/Cc1ccccc1. The molecule has 0 nitrogen and oxygen atoms in total. The molecule has 62 valence electrons. The molecule has 0 atom stereocenters. The fourth-order valence-corrected chi connectivity index (χ4v) is 1.01. The van der Waals surface area contributed by atoms with Gasteiger partial charge < -0.3 is 0 Å². The molecule has 0 radical (unpaired) electrons. The van der Waals surface area contributed by atoms with Gasteiger partial charge in [-0.3, -0.25) is 0 Å². The molecule has 0 spiro atoms. The van der Waals surface area contributed by atoms with Crippen molar-refractivity contribution in [2.45, 2.75) is 13.3 Å². The minimum Gasteiger partial charge on any atom is -0.0877 e. The Labute approximate surface area is 74.2 Å². The molecule has 12 heavy (non-hydrogen) atoms. The molecule has 0 N–H and O–H groups in total. The van der Waals surface area contributed by atoms with Crippen LogP contribution in [0, 0.1) is 0 Å². The quantitative estimate of drug-likeness (QED) is 0.592. The van der Waals surface area contributed by atoms with Crippen LogP contribution in [0.4, 0.5) is 0 Å². The molecule has 0 bridgehead atoms. The van der Waals surface area contributed by atoms with Crippen LogP contribution in [-0.4, -0.2) is 0 Å². The zero-order chi connectivity index (χ0) is 8.65. The van der Waals surface area contributed by atoms with E-state index in [1.165, 1.54) is 5.56 Å². The van der Waals surface area contributed by atoms with E-state index < -0.39 is 0 Å². The number of rotatable bonds is 3. The maximum atomic E-state index is 2.16. The van der Waals surface area contributed by atoms with E-state index >= 15 is 0 Å². The lowest BCUT2D eigenvalue weighted by atomic mass is 10.1. The van der Waals surface area contributed by atoms with Gasteiger partial charge in [-0.15, -0.1) is 0 Å². The Kier molecular flexibility index (Phi) is 3.93. The molecule has 0 heteroatoms. The van der Waals surface area contributed by atoms with Crippen LogP contribution in [0.25, 0.3) is 0 Å². The second-order valence-electron chi connectivity index (χ2n) is 2.64. The molecule has 1 aromatic carbocycles. The van der Waals surface area contributed by atoms with Gasteiger partial charge in [-0.05, 0) is 18.9 Å². The summed E-state index contributed by atoms with van der Waals surface area (Å²) in [6.07, 6.45) is 9.33. The van der Waals surface area contributed by atoms with Crippen molar-refractivity contribution in [3.63, 3.8) is 0 Å². The predicted molar refractivity (Wildman–Crippen MR) is 54.1 cm³/mol. The normalized spacial score (nSPS) is 11.4. The van der Waals surface area contributed by atoms with E-state index in [2.05, 4.69) is 36.4 Å². The first-order valence-electron chi connectivity index (χ1n) is 4.25. The molecule has 1 aromatic rings. The Hall–Kier alpha value is -1.30. The molecular weight excluding hydrogens is 144 g/mol. The number of allylic oxidation sites excluding steroid dienone is 4. The summed E-state index contributed by atoms with van der Waals surface area (Å²) in [5.74, 6) is 0. The summed E-state index contributed by atoms with van der Waals surface area (Å²) in [5, 5.41) is 0. The van der Waals surface area contributed by atoms with Crippen LogP contribution in [0.15, 0.2) is 54.6 Å². The lowest BCUT2D eigenvalue weighted by Gasteiger charge is -1.92. The van der Waals surface area contributed by atoms with Crippen LogP contribution >= 0.6 is 0 Å². The molecule has 0 saturated heterocycles. The average Bonchev–Trinajstić information content (AvgIpc) is 2.14. The summed E-state index contributed by atoms with van der Waals surface area (Å²) >= 11 is 0. The third-order valence-electron chi connectivity index (χ3n) is 1.64. The molecule has 0 aliphatic rings. The molecule has 0 heterocycles. The van der Waals surface area contributed by atoms with Crippen molar-refractivity contribution in [3.05, 3.63) is 60.2 Å². The minimum absolute atomic E-state index is 1.02. The van der Waals surface area contributed by atoms with Crippen LogP contribution < -0.4 is 0 Å². The zero-order valence-electron chi connectivity index (χ0n) is 7.40. The van der Waals surface area contributed by atoms with Crippen molar-refractivity contribution in [1.82, 2.24) is 0 Å². The molecule has 0 aliphatic heterocycles. The molecule has 0 fully saturated rings. The van der Waals surface area contributed by atoms with Gasteiger partial charge >= 0.3 is 0 Å². The molecule has 0 aromatic heterocycles. The molecule has 0 saturated carbocycles. The number of benzene rings is 1. The Balaban J connectivity index is 2.43. The molecule has 0 unspecified atom stereocenters. The van der Waals surface area contributed by atoms with E-state index in [-0.39, 0.29) is 0 Å². The third-order valence-corrected chi connectivity index (χ3v) is 1.64. The van der Waals surface area contributed by atoms with E-state index in [1.807, 2.05) is 25.1 Å².